The predicted octanol–water partition coefficient (Wildman–Crippen LogP) is 2.65. The third-order valence-electron chi connectivity index (χ3n) is 3.40. The van der Waals surface area contributed by atoms with Crippen LogP contribution in [-0.2, 0) is 13.6 Å². The van der Waals surface area contributed by atoms with E-state index in [1.807, 2.05) is 36.9 Å². The van der Waals surface area contributed by atoms with E-state index in [2.05, 4.69) is 26.1 Å². The second kappa shape index (κ2) is 4.62. The van der Waals surface area contributed by atoms with Crippen LogP contribution in [0.15, 0.2) is 18.2 Å². The Morgan fingerprint density at radius 3 is 2.84 bits per heavy atom. The Morgan fingerprint density at radius 2 is 2.11 bits per heavy atom. The molecule has 1 N–H and O–H groups in total. The number of aryl methyl sites for hydroxylation is 2. The van der Waals surface area contributed by atoms with Crippen LogP contribution in [0.4, 0.5) is 5.69 Å². The highest BCUT2D eigenvalue weighted by molar-refractivity contribution is 7.00. The van der Waals surface area contributed by atoms with Crippen LogP contribution in [0.3, 0.4) is 0 Å². The fraction of sp³-hybridized carbons (Fsp3) is 0.308. The Balaban J connectivity index is 1.88. The number of anilines is 1. The van der Waals surface area contributed by atoms with E-state index in [4.69, 9.17) is 0 Å². The summed E-state index contributed by atoms with van der Waals surface area (Å²) in [5, 5.41) is 7.86. The molecule has 0 radical (unpaired) electrons. The average Bonchev–Trinajstić information content (AvgIpc) is 2.95. The molecule has 0 aliphatic carbocycles. The molecule has 1 aromatic carbocycles. The summed E-state index contributed by atoms with van der Waals surface area (Å²) >= 11 is 1.24. The van der Waals surface area contributed by atoms with Gasteiger partial charge in [-0.2, -0.15) is 13.8 Å². The Kier molecular flexibility index (Phi) is 2.94. The fourth-order valence-electron chi connectivity index (χ4n) is 2.21. The van der Waals surface area contributed by atoms with Crippen molar-refractivity contribution in [3.8, 4) is 0 Å². The molecule has 98 valence electrons. The van der Waals surface area contributed by atoms with Crippen LogP contribution in [0.2, 0.25) is 0 Å². The highest BCUT2D eigenvalue weighted by Gasteiger charge is 2.10. The first kappa shape index (κ1) is 12.1. The third-order valence-corrected chi connectivity index (χ3v) is 3.94. The van der Waals surface area contributed by atoms with Crippen molar-refractivity contribution >= 4 is 28.4 Å². The van der Waals surface area contributed by atoms with Crippen LogP contribution in [-0.4, -0.2) is 18.5 Å². The number of hydrogen-bond acceptors (Lipinski definition) is 5. The zero-order chi connectivity index (χ0) is 13.4. The summed E-state index contributed by atoms with van der Waals surface area (Å²) in [5.74, 6) is 0. The zero-order valence-electron chi connectivity index (χ0n) is 11.1. The van der Waals surface area contributed by atoms with Gasteiger partial charge in [-0.1, -0.05) is 6.07 Å². The summed E-state index contributed by atoms with van der Waals surface area (Å²) < 4.78 is 10.5. The minimum atomic E-state index is 0.752. The summed E-state index contributed by atoms with van der Waals surface area (Å²) in [5.41, 5.74) is 6.39. The second-order valence-corrected chi connectivity index (χ2v) is 5.09. The van der Waals surface area contributed by atoms with Crippen molar-refractivity contribution in [3.63, 3.8) is 0 Å². The lowest BCUT2D eigenvalue weighted by Crippen LogP contribution is -2.02. The van der Waals surface area contributed by atoms with E-state index in [0.29, 0.717) is 0 Å². The molecular weight excluding hydrogens is 258 g/mol. The molecular formula is C13H15N5S. The molecule has 0 aliphatic rings. The van der Waals surface area contributed by atoms with E-state index >= 15 is 0 Å². The first-order valence-corrected chi connectivity index (χ1v) is 6.84. The summed E-state index contributed by atoms with van der Waals surface area (Å²) in [7, 11) is 1.97. The van der Waals surface area contributed by atoms with Crippen LogP contribution in [0.25, 0.3) is 11.0 Å². The van der Waals surface area contributed by atoms with Gasteiger partial charge in [0.1, 0.15) is 11.0 Å². The molecule has 0 saturated carbocycles. The van der Waals surface area contributed by atoms with Gasteiger partial charge in [-0.05, 0) is 26.0 Å². The number of fused-ring (bicyclic) bond motifs is 1. The first-order valence-electron chi connectivity index (χ1n) is 6.11. The molecule has 0 saturated heterocycles. The van der Waals surface area contributed by atoms with Gasteiger partial charge in [-0.3, -0.25) is 4.68 Å². The van der Waals surface area contributed by atoms with Gasteiger partial charge in [0.2, 0.25) is 0 Å². The molecule has 0 unspecified atom stereocenters. The maximum atomic E-state index is 4.43. The molecule has 0 fully saturated rings. The minimum Gasteiger partial charge on any atom is -0.379 e. The van der Waals surface area contributed by atoms with Gasteiger partial charge in [0.25, 0.3) is 0 Å². The molecule has 5 nitrogen and oxygen atoms in total. The molecule has 6 heteroatoms. The van der Waals surface area contributed by atoms with Crippen LogP contribution >= 0.6 is 11.7 Å². The molecule has 2 aromatic heterocycles. The SMILES string of the molecule is Cc1nn(C)c(C)c1CNc1cccc2nsnc12. The third kappa shape index (κ3) is 2.08. The summed E-state index contributed by atoms with van der Waals surface area (Å²) in [6.07, 6.45) is 0. The number of benzene rings is 1. The van der Waals surface area contributed by atoms with Crippen LogP contribution in [0.1, 0.15) is 17.0 Å². The topological polar surface area (TPSA) is 55.6 Å². The highest BCUT2D eigenvalue weighted by Crippen LogP contribution is 2.22. The number of nitrogens with zero attached hydrogens (tertiary/aromatic N) is 4. The Labute approximate surface area is 115 Å². The molecule has 0 spiro atoms. The monoisotopic (exact) mass is 273 g/mol. The van der Waals surface area contributed by atoms with Crippen LogP contribution in [0, 0.1) is 13.8 Å². The summed E-state index contributed by atoms with van der Waals surface area (Å²) in [6.45, 7) is 4.87. The van der Waals surface area contributed by atoms with Gasteiger partial charge in [-0.25, -0.2) is 0 Å². The first-order chi connectivity index (χ1) is 9.16. The number of rotatable bonds is 3. The lowest BCUT2D eigenvalue weighted by atomic mass is 10.2. The Morgan fingerprint density at radius 1 is 1.26 bits per heavy atom. The number of aromatic nitrogens is 4. The van der Waals surface area contributed by atoms with E-state index < -0.39 is 0 Å². The van der Waals surface area contributed by atoms with Gasteiger partial charge in [0, 0.05) is 24.8 Å². The summed E-state index contributed by atoms with van der Waals surface area (Å²) in [4.78, 5) is 0. The van der Waals surface area contributed by atoms with Crippen molar-refractivity contribution in [2.75, 3.05) is 5.32 Å². The largest absolute Gasteiger partial charge is 0.379 e. The maximum absolute atomic E-state index is 4.43. The van der Waals surface area contributed by atoms with Crippen molar-refractivity contribution in [1.29, 1.82) is 0 Å². The fourth-order valence-corrected chi connectivity index (χ4v) is 2.76. The van der Waals surface area contributed by atoms with E-state index in [-0.39, 0.29) is 0 Å². The lowest BCUT2D eigenvalue weighted by Gasteiger charge is -2.07. The van der Waals surface area contributed by atoms with Gasteiger partial charge >= 0.3 is 0 Å². The number of nitrogens with one attached hydrogen (secondary N) is 1. The van der Waals surface area contributed by atoms with Gasteiger partial charge in [0.15, 0.2) is 0 Å². The second-order valence-electron chi connectivity index (χ2n) is 4.56. The van der Waals surface area contributed by atoms with E-state index in [9.17, 15) is 0 Å². The molecule has 0 aliphatic heterocycles. The Hall–Kier alpha value is -1.95. The zero-order valence-corrected chi connectivity index (χ0v) is 12.0. The van der Waals surface area contributed by atoms with E-state index in [1.165, 1.54) is 23.0 Å². The standard InChI is InChI=1S/C13H15N5S/c1-8-10(9(2)18(3)15-8)7-14-11-5-4-6-12-13(11)17-19-16-12/h4-6,14H,7H2,1-3H3. The maximum Gasteiger partial charge on any atom is 0.127 e. The van der Waals surface area contributed by atoms with Gasteiger partial charge in [-0.15, -0.1) is 0 Å². The van der Waals surface area contributed by atoms with Crippen molar-refractivity contribution in [2.45, 2.75) is 20.4 Å². The minimum absolute atomic E-state index is 0.752. The average molecular weight is 273 g/mol. The Bertz CT molecular complexity index is 728. The molecule has 3 aromatic rings. The van der Waals surface area contributed by atoms with Crippen LogP contribution in [0.5, 0.6) is 0 Å². The molecule has 0 amide bonds. The lowest BCUT2D eigenvalue weighted by molar-refractivity contribution is 0.730. The molecule has 0 atom stereocenters. The van der Waals surface area contributed by atoms with Crippen LogP contribution < -0.4 is 5.32 Å². The van der Waals surface area contributed by atoms with Gasteiger partial charge in [0.05, 0.1) is 23.1 Å². The number of hydrogen-bond donors (Lipinski definition) is 1. The molecule has 19 heavy (non-hydrogen) atoms. The smallest absolute Gasteiger partial charge is 0.127 e. The van der Waals surface area contributed by atoms with Crippen molar-refractivity contribution in [1.82, 2.24) is 18.5 Å². The van der Waals surface area contributed by atoms with Crippen molar-refractivity contribution in [2.24, 2.45) is 7.05 Å². The summed E-state index contributed by atoms with van der Waals surface area (Å²) in [6, 6.07) is 6.00. The van der Waals surface area contributed by atoms with Crippen molar-refractivity contribution < 1.29 is 0 Å². The van der Waals surface area contributed by atoms with Crippen molar-refractivity contribution in [3.05, 3.63) is 35.2 Å². The van der Waals surface area contributed by atoms with E-state index in [1.54, 1.807) is 0 Å². The molecule has 0 bridgehead atoms. The quantitative estimate of drug-likeness (QED) is 0.797. The normalized spacial score (nSPS) is 11.1. The molecule has 2 heterocycles. The van der Waals surface area contributed by atoms with Gasteiger partial charge < -0.3 is 5.32 Å². The highest BCUT2D eigenvalue weighted by atomic mass is 32.1. The van der Waals surface area contributed by atoms with E-state index in [0.717, 1.165) is 29.0 Å². The molecule has 3 rings (SSSR count). The predicted molar refractivity (Wildman–Crippen MR) is 77.4 cm³/mol.